The second kappa shape index (κ2) is 10.2. The second-order valence-electron chi connectivity index (χ2n) is 9.44. The highest BCUT2D eigenvalue weighted by atomic mass is 32.2. The maximum atomic E-state index is 13.6. The number of nitrogens with zero attached hydrogens (tertiary/aromatic N) is 2. The molecule has 196 valence electrons. The van der Waals surface area contributed by atoms with Gasteiger partial charge in [0.1, 0.15) is 28.6 Å². The zero-order valence-electron chi connectivity index (χ0n) is 21.0. The van der Waals surface area contributed by atoms with E-state index in [-0.39, 0.29) is 34.3 Å². The summed E-state index contributed by atoms with van der Waals surface area (Å²) >= 11 is 0. The Labute approximate surface area is 220 Å². The molecule has 0 aliphatic carbocycles. The van der Waals surface area contributed by atoms with E-state index in [2.05, 4.69) is 29.0 Å². The van der Waals surface area contributed by atoms with Crippen LogP contribution in [-0.4, -0.2) is 30.6 Å². The maximum absolute atomic E-state index is 13.6. The van der Waals surface area contributed by atoms with Crippen LogP contribution in [0.25, 0.3) is 10.9 Å². The number of anilines is 1. The molecule has 0 unspecified atom stereocenters. The zero-order valence-corrected chi connectivity index (χ0v) is 21.8. The van der Waals surface area contributed by atoms with Crippen molar-refractivity contribution in [3.63, 3.8) is 0 Å². The van der Waals surface area contributed by atoms with Crippen LogP contribution in [-0.2, 0) is 16.6 Å². The van der Waals surface area contributed by atoms with E-state index < -0.39 is 15.6 Å². The molecule has 0 atom stereocenters. The highest BCUT2D eigenvalue weighted by Gasteiger charge is 2.30. The van der Waals surface area contributed by atoms with Crippen LogP contribution in [0.5, 0.6) is 11.5 Å². The summed E-state index contributed by atoms with van der Waals surface area (Å²) in [6.07, 6.45) is 0.812. The number of para-hydroxylation sites is 1. The van der Waals surface area contributed by atoms with E-state index in [4.69, 9.17) is 4.74 Å². The van der Waals surface area contributed by atoms with Gasteiger partial charge in [-0.15, -0.1) is 4.40 Å². The number of amidine groups is 1. The van der Waals surface area contributed by atoms with Gasteiger partial charge in [0.25, 0.3) is 15.6 Å². The number of hydrogen-bond acceptors (Lipinski definition) is 7. The van der Waals surface area contributed by atoms with E-state index in [9.17, 15) is 18.3 Å². The number of aromatic nitrogens is 1. The average molecular weight is 533 g/mol. The van der Waals surface area contributed by atoms with Crippen LogP contribution in [0.4, 0.5) is 5.69 Å². The van der Waals surface area contributed by atoms with E-state index in [0.717, 1.165) is 12.0 Å². The predicted molar refractivity (Wildman–Crippen MR) is 148 cm³/mol. The Hall–Kier alpha value is -4.31. The number of hydrogen-bond donors (Lipinski definition) is 3. The van der Waals surface area contributed by atoms with Crippen LogP contribution in [0.3, 0.4) is 0 Å². The second-order valence-corrected chi connectivity index (χ2v) is 11.0. The first kappa shape index (κ1) is 25.3. The van der Waals surface area contributed by atoms with Gasteiger partial charge in [-0.05, 0) is 42.2 Å². The lowest BCUT2D eigenvalue weighted by atomic mass is 10.1. The third-order valence-electron chi connectivity index (χ3n) is 6.23. The molecule has 0 amide bonds. The van der Waals surface area contributed by atoms with Gasteiger partial charge in [0.15, 0.2) is 5.84 Å². The smallest absolute Gasteiger partial charge is 0.286 e. The molecule has 9 nitrogen and oxygen atoms in total. The Morgan fingerprint density at radius 3 is 2.55 bits per heavy atom. The number of fused-ring (bicyclic) bond motifs is 2. The highest BCUT2D eigenvalue weighted by molar-refractivity contribution is 7.90. The van der Waals surface area contributed by atoms with Gasteiger partial charge in [0.2, 0.25) is 0 Å². The topological polar surface area (TPSA) is 122 Å². The van der Waals surface area contributed by atoms with Crippen molar-refractivity contribution >= 4 is 32.4 Å². The summed E-state index contributed by atoms with van der Waals surface area (Å²) in [5, 5.41) is 14.4. The summed E-state index contributed by atoms with van der Waals surface area (Å²) in [6.45, 7) is 4.94. The first-order valence-corrected chi connectivity index (χ1v) is 13.7. The molecule has 0 saturated heterocycles. The van der Waals surface area contributed by atoms with E-state index in [1.807, 2.05) is 30.3 Å². The Morgan fingerprint density at radius 1 is 1.05 bits per heavy atom. The number of rotatable bonds is 8. The van der Waals surface area contributed by atoms with Gasteiger partial charge in [0, 0.05) is 18.0 Å². The van der Waals surface area contributed by atoms with Gasteiger partial charge in [-0.1, -0.05) is 56.3 Å². The molecule has 5 rings (SSSR count). The maximum Gasteiger partial charge on any atom is 0.286 e. The quantitative estimate of drug-likeness (QED) is 0.307. The van der Waals surface area contributed by atoms with E-state index in [1.54, 1.807) is 36.4 Å². The van der Waals surface area contributed by atoms with Crippen molar-refractivity contribution in [3.05, 3.63) is 94.3 Å². The molecule has 1 aromatic heterocycles. The van der Waals surface area contributed by atoms with Crippen LogP contribution < -0.4 is 21.0 Å². The zero-order chi connectivity index (χ0) is 26.9. The number of nitrogens with one attached hydrogen (secondary N) is 2. The molecule has 0 bridgehead atoms. The molecular weight excluding hydrogens is 504 g/mol. The molecule has 0 fully saturated rings. The van der Waals surface area contributed by atoms with Crippen LogP contribution in [0.1, 0.15) is 31.4 Å². The Morgan fingerprint density at radius 2 is 1.79 bits per heavy atom. The van der Waals surface area contributed by atoms with E-state index in [1.165, 1.54) is 10.7 Å². The van der Waals surface area contributed by atoms with Gasteiger partial charge in [-0.3, -0.25) is 4.79 Å². The highest BCUT2D eigenvalue weighted by Crippen LogP contribution is 2.34. The molecular formula is C28H28N4O5S. The minimum atomic E-state index is -4.21. The minimum absolute atomic E-state index is 0.0810. The summed E-state index contributed by atoms with van der Waals surface area (Å²) in [5.74, 6) is 0.180. The fourth-order valence-electron chi connectivity index (χ4n) is 4.24. The van der Waals surface area contributed by atoms with Crippen LogP contribution in [0.15, 0.2) is 86.9 Å². The van der Waals surface area contributed by atoms with Crippen molar-refractivity contribution < 1.29 is 18.3 Å². The van der Waals surface area contributed by atoms with Gasteiger partial charge in [0.05, 0.1) is 11.2 Å². The molecule has 1 aliphatic rings. The molecule has 10 heteroatoms. The third kappa shape index (κ3) is 4.95. The molecule has 0 spiro atoms. The molecule has 2 heterocycles. The number of benzene rings is 3. The van der Waals surface area contributed by atoms with Gasteiger partial charge in [-0.25, -0.2) is 4.68 Å². The van der Waals surface area contributed by atoms with Crippen molar-refractivity contribution in [2.24, 2.45) is 10.3 Å². The minimum Gasteiger partial charge on any atom is -0.506 e. The van der Waals surface area contributed by atoms with Gasteiger partial charge in [-0.2, -0.15) is 8.42 Å². The summed E-state index contributed by atoms with van der Waals surface area (Å²) in [6, 6.07) is 21.0. The van der Waals surface area contributed by atoms with Crippen molar-refractivity contribution in [1.82, 2.24) is 4.68 Å². The Kier molecular flexibility index (Phi) is 6.81. The molecule has 4 aromatic rings. The molecule has 3 aromatic carbocycles. The predicted octanol–water partition coefficient (Wildman–Crippen LogP) is 4.44. The van der Waals surface area contributed by atoms with Crippen LogP contribution in [0, 0.1) is 5.92 Å². The summed E-state index contributed by atoms with van der Waals surface area (Å²) in [7, 11) is -4.21. The van der Waals surface area contributed by atoms with Crippen molar-refractivity contribution in [2.75, 3.05) is 17.3 Å². The molecule has 1 aliphatic heterocycles. The van der Waals surface area contributed by atoms with Crippen molar-refractivity contribution in [1.29, 1.82) is 0 Å². The molecule has 3 N–H and O–H groups in total. The average Bonchev–Trinajstić information content (AvgIpc) is 2.90. The molecule has 38 heavy (non-hydrogen) atoms. The summed E-state index contributed by atoms with van der Waals surface area (Å²) < 4.78 is 37.4. The van der Waals surface area contributed by atoms with E-state index in [0.29, 0.717) is 29.1 Å². The van der Waals surface area contributed by atoms with Gasteiger partial charge < -0.3 is 20.6 Å². The fraction of sp³-hybridized carbons (Fsp3) is 0.214. The standard InChI is InChI=1S/C28H28N4O5S/c1-18(2)14-15-29-32-23-11-7-6-10-21(23)26(33)25(28(32)34)27-30-22-13-12-20(16-24(22)38(35,36)31-27)37-17-19-8-4-3-5-9-19/h3-13,16,18,29,33H,14-15,17H2,1-2H3,(H,30,31). The monoisotopic (exact) mass is 532 g/mol. The Balaban J connectivity index is 1.53. The molecule has 0 radical (unpaired) electrons. The Bertz CT molecular complexity index is 1700. The number of aromatic hydroxyl groups is 1. The molecule has 0 saturated carbocycles. The third-order valence-corrected chi connectivity index (χ3v) is 7.54. The summed E-state index contributed by atoms with van der Waals surface area (Å²) in [5.41, 5.74) is 3.91. The van der Waals surface area contributed by atoms with Gasteiger partial charge >= 0.3 is 0 Å². The van der Waals surface area contributed by atoms with Crippen molar-refractivity contribution in [3.8, 4) is 11.5 Å². The van der Waals surface area contributed by atoms with Crippen molar-refractivity contribution in [2.45, 2.75) is 31.8 Å². The number of pyridine rings is 1. The first-order valence-electron chi connectivity index (χ1n) is 12.3. The lowest BCUT2D eigenvalue weighted by molar-refractivity contribution is 0.305. The lowest BCUT2D eigenvalue weighted by Crippen LogP contribution is -2.36. The van der Waals surface area contributed by atoms with E-state index >= 15 is 0 Å². The summed E-state index contributed by atoms with van der Waals surface area (Å²) in [4.78, 5) is 13.5. The SMILES string of the molecule is CC(C)CCNn1c(=O)c(C2=NS(=O)(=O)c3cc(OCc4ccccc4)ccc3N2)c(O)c2ccccc21. The first-order chi connectivity index (χ1) is 18.2. The fourth-order valence-corrected chi connectivity index (χ4v) is 5.38. The normalized spacial score (nSPS) is 14.0. The van der Waals surface area contributed by atoms with Crippen LogP contribution >= 0.6 is 0 Å². The number of sulfonamides is 1. The number of ether oxygens (including phenoxy) is 1. The largest absolute Gasteiger partial charge is 0.506 e. The lowest BCUT2D eigenvalue weighted by Gasteiger charge is -2.21. The van der Waals surface area contributed by atoms with Crippen LogP contribution in [0.2, 0.25) is 0 Å².